The van der Waals surface area contributed by atoms with Gasteiger partial charge in [0.1, 0.15) is 6.29 Å². The summed E-state index contributed by atoms with van der Waals surface area (Å²) in [4.78, 5) is 24.1. The van der Waals surface area contributed by atoms with Crippen molar-refractivity contribution in [1.82, 2.24) is 4.90 Å². The highest BCUT2D eigenvalue weighted by Crippen LogP contribution is 2.36. The molecule has 0 aromatic heterocycles. The van der Waals surface area contributed by atoms with Crippen LogP contribution in [0.15, 0.2) is 16.6 Å². The van der Waals surface area contributed by atoms with Gasteiger partial charge in [0, 0.05) is 19.2 Å². The van der Waals surface area contributed by atoms with Gasteiger partial charge in [-0.3, -0.25) is 9.59 Å². The van der Waals surface area contributed by atoms with E-state index in [0.29, 0.717) is 34.7 Å². The van der Waals surface area contributed by atoms with E-state index in [2.05, 4.69) is 15.9 Å². The fourth-order valence-corrected chi connectivity index (χ4v) is 2.05. The van der Waals surface area contributed by atoms with Crippen molar-refractivity contribution in [1.29, 1.82) is 0 Å². The lowest BCUT2D eigenvalue weighted by Crippen LogP contribution is -2.31. The molecule has 1 aromatic carbocycles. The van der Waals surface area contributed by atoms with E-state index in [1.54, 1.807) is 24.1 Å². The van der Waals surface area contributed by atoms with Crippen LogP contribution in [0.25, 0.3) is 0 Å². The van der Waals surface area contributed by atoms with E-state index in [4.69, 9.17) is 9.47 Å². The van der Waals surface area contributed by atoms with E-state index in [1.165, 1.54) is 0 Å². The number of aldehydes is 1. The molecule has 0 aliphatic heterocycles. The summed E-state index contributed by atoms with van der Waals surface area (Å²) in [7, 11) is 1.71. The number of benzene rings is 1. The predicted octanol–water partition coefficient (Wildman–Crippen LogP) is 2.52. The van der Waals surface area contributed by atoms with Gasteiger partial charge in [0.25, 0.3) is 5.91 Å². The summed E-state index contributed by atoms with van der Waals surface area (Å²) in [5.41, 5.74) is 0.477. The number of amides is 1. The molecule has 20 heavy (non-hydrogen) atoms. The topological polar surface area (TPSA) is 55.8 Å². The molecule has 1 rings (SSSR count). The Balaban J connectivity index is 2.93. The first-order chi connectivity index (χ1) is 9.53. The number of halogens is 1. The van der Waals surface area contributed by atoms with E-state index in [0.717, 1.165) is 6.29 Å². The monoisotopic (exact) mass is 343 g/mol. The Morgan fingerprint density at radius 3 is 2.60 bits per heavy atom. The minimum atomic E-state index is -0.124. The fraction of sp³-hybridized carbons (Fsp3) is 0.429. The summed E-state index contributed by atoms with van der Waals surface area (Å²) in [5.74, 6) is 0.743. The van der Waals surface area contributed by atoms with Crippen molar-refractivity contribution in [2.24, 2.45) is 0 Å². The van der Waals surface area contributed by atoms with Crippen molar-refractivity contribution < 1.29 is 19.1 Å². The Morgan fingerprint density at radius 1 is 1.35 bits per heavy atom. The van der Waals surface area contributed by atoms with Crippen molar-refractivity contribution in [3.05, 3.63) is 22.2 Å². The molecule has 1 amide bonds. The van der Waals surface area contributed by atoms with Crippen LogP contribution in [0.3, 0.4) is 0 Å². The molecule has 0 unspecified atom stereocenters. The summed E-state index contributed by atoms with van der Waals surface area (Å²) in [6.45, 7) is 4.70. The highest BCUT2D eigenvalue weighted by Gasteiger charge is 2.15. The number of carbonyl (C=O) groups is 2. The first-order valence-electron chi connectivity index (χ1n) is 6.31. The lowest BCUT2D eigenvalue weighted by atomic mass is 10.2. The Bertz CT molecular complexity index is 490. The van der Waals surface area contributed by atoms with Gasteiger partial charge >= 0.3 is 0 Å². The molecule has 0 heterocycles. The van der Waals surface area contributed by atoms with Crippen LogP contribution in [0.5, 0.6) is 11.5 Å². The lowest BCUT2D eigenvalue weighted by molar-refractivity contribution is -0.131. The van der Waals surface area contributed by atoms with Gasteiger partial charge in [-0.25, -0.2) is 0 Å². The van der Waals surface area contributed by atoms with Crippen LogP contribution >= 0.6 is 15.9 Å². The van der Waals surface area contributed by atoms with Crippen molar-refractivity contribution in [2.75, 3.05) is 26.8 Å². The van der Waals surface area contributed by atoms with Crippen LogP contribution in [0.2, 0.25) is 0 Å². The zero-order chi connectivity index (χ0) is 15.1. The molecule has 110 valence electrons. The summed E-state index contributed by atoms with van der Waals surface area (Å²) >= 11 is 3.32. The van der Waals surface area contributed by atoms with Crippen LogP contribution in [0.1, 0.15) is 24.2 Å². The molecule has 6 heteroatoms. The summed E-state index contributed by atoms with van der Waals surface area (Å²) in [6.07, 6.45) is 0.729. The maximum Gasteiger partial charge on any atom is 0.260 e. The van der Waals surface area contributed by atoms with E-state index >= 15 is 0 Å². The van der Waals surface area contributed by atoms with Gasteiger partial charge in [0.2, 0.25) is 0 Å². The third kappa shape index (κ3) is 4.23. The van der Waals surface area contributed by atoms with Gasteiger partial charge in [0.15, 0.2) is 18.1 Å². The fourth-order valence-electron chi connectivity index (χ4n) is 1.48. The van der Waals surface area contributed by atoms with Crippen LogP contribution in [0, 0.1) is 0 Å². The number of nitrogens with zero attached hydrogens (tertiary/aromatic N) is 1. The number of rotatable bonds is 7. The Morgan fingerprint density at radius 2 is 2.05 bits per heavy atom. The Hall–Kier alpha value is -1.56. The third-order valence-electron chi connectivity index (χ3n) is 2.71. The summed E-state index contributed by atoms with van der Waals surface area (Å²) in [6, 6.07) is 3.21. The molecule has 0 saturated heterocycles. The molecular weight excluding hydrogens is 326 g/mol. The quantitative estimate of drug-likeness (QED) is 0.714. The number of hydrogen-bond acceptors (Lipinski definition) is 4. The maximum absolute atomic E-state index is 11.7. The van der Waals surface area contributed by atoms with Gasteiger partial charge in [0.05, 0.1) is 11.1 Å². The van der Waals surface area contributed by atoms with Crippen LogP contribution in [-0.2, 0) is 4.79 Å². The molecule has 1 aromatic rings. The van der Waals surface area contributed by atoms with Gasteiger partial charge in [-0.05, 0) is 41.9 Å². The number of likely N-dealkylation sites (N-methyl/N-ethyl adjacent to an activating group) is 1. The minimum absolute atomic E-state index is 0.0799. The van der Waals surface area contributed by atoms with Gasteiger partial charge in [-0.1, -0.05) is 0 Å². The standard InChI is InChI=1S/C14H18BrNO4/c1-4-16(3)13(18)9-20-14-11(15)6-10(8-17)7-12(14)19-5-2/h6-8H,4-5,9H2,1-3H3. The van der Waals surface area contributed by atoms with E-state index < -0.39 is 0 Å². The Labute approximate surface area is 127 Å². The second-order valence-electron chi connectivity index (χ2n) is 4.08. The number of hydrogen-bond donors (Lipinski definition) is 0. The van der Waals surface area contributed by atoms with Crippen LogP contribution < -0.4 is 9.47 Å². The molecule has 0 radical (unpaired) electrons. The average molecular weight is 344 g/mol. The van der Waals surface area contributed by atoms with Crippen molar-refractivity contribution in [3.63, 3.8) is 0 Å². The molecule has 0 spiro atoms. The smallest absolute Gasteiger partial charge is 0.260 e. The van der Waals surface area contributed by atoms with E-state index in [-0.39, 0.29) is 12.5 Å². The highest BCUT2D eigenvalue weighted by atomic mass is 79.9. The summed E-state index contributed by atoms with van der Waals surface area (Å²) < 4.78 is 11.5. The van der Waals surface area contributed by atoms with E-state index in [1.807, 2.05) is 13.8 Å². The molecule has 0 atom stereocenters. The molecule has 0 saturated carbocycles. The van der Waals surface area contributed by atoms with Gasteiger partial charge < -0.3 is 14.4 Å². The third-order valence-corrected chi connectivity index (χ3v) is 3.30. The molecule has 0 bridgehead atoms. The number of ether oxygens (including phenoxy) is 2. The molecular formula is C14H18BrNO4. The SMILES string of the molecule is CCOc1cc(C=O)cc(Br)c1OCC(=O)N(C)CC. The molecule has 0 aliphatic carbocycles. The lowest BCUT2D eigenvalue weighted by Gasteiger charge is -2.17. The van der Waals surface area contributed by atoms with E-state index in [9.17, 15) is 9.59 Å². The largest absolute Gasteiger partial charge is 0.490 e. The first-order valence-corrected chi connectivity index (χ1v) is 7.11. The van der Waals surface area contributed by atoms with Gasteiger partial charge in [-0.2, -0.15) is 0 Å². The van der Waals surface area contributed by atoms with Crippen LogP contribution in [0.4, 0.5) is 0 Å². The Kier molecular flexibility index (Phi) is 6.51. The summed E-state index contributed by atoms with van der Waals surface area (Å²) in [5, 5.41) is 0. The van der Waals surface area contributed by atoms with Crippen molar-refractivity contribution in [2.45, 2.75) is 13.8 Å². The van der Waals surface area contributed by atoms with Crippen LogP contribution in [-0.4, -0.2) is 43.9 Å². The molecule has 0 N–H and O–H groups in total. The van der Waals surface area contributed by atoms with Crippen molar-refractivity contribution in [3.8, 4) is 11.5 Å². The van der Waals surface area contributed by atoms with Gasteiger partial charge in [-0.15, -0.1) is 0 Å². The maximum atomic E-state index is 11.7. The highest BCUT2D eigenvalue weighted by molar-refractivity contribution is 9.10. The second kappa shape index (κ2) is 7.89. The first kappa shape index (κ1) is 16.5. The zero-order valence-corrected chi connectivity index (χ0v) is 13.4. The number of carbonyl (C=O) groups excluding carboxylic acids is 2. The molecule has 0 fully saturated rings. The van der Waals surface area contributed by atoms with Crippen molar-refractivity contribution >= 4 is 28.1 Å². The molecule has 0 aliphatic rings. The predicted molar refractivity (Wildman–Crippen MR) is 79.5 cm³/mol. The second-order valence-corrected chi connectivity index (χ2v) is 4.93. The normalized spacial score (nSPS) is 10.0. The average Bonchev–Trinajstić information content (AvgIpc) is 2.45. The molecule has 5 nitrogen and oxygen atoms in total. The zero-order valence-electron chi connectivity index (χ0n) is 11.8. The minimum Gasteiger partial charge on any atom is -0.490 e.